The van der Waals surface area contributed by atoms with E-state index in [2.05, 4.69) is 27.6 Å². The van der Waals surface area contributed by atoms with E-state index in [0.717, 1.165) is 22.5 Å². The predicted molar refractivity (Wildman–Crippen MR) is 116 cm³/mol. The van der Waals surface area contributed by atoms with Crippen LogP contribution in [-0.4, -0.2) is 15.9 Å². The van der Waals surface area contributed by atoms with Gasteiger partial charge in [0, 0.05) is 12.1 Å². The molecule has 4 rings (SSSR count). The topological polar surface area (TPSA) is 64.1 Å². The molecule has 0 amide bonds. The van der Waals surface area contributed by atoms with Gasteiger partial charge in [-0.05, 0) is 36.5 Å². The summed E-state index contributed by atoms with van der Waals surface area (Å²) in [5.41, 5.74) is 7.21. The SMILES string of the molecule is O=C(ONCc1cnc(C2CCCCC2)cn1)c1ccccc1Cc1ccccc1. The van der Waals surface area contributed by atoms with Gasteiger partial charge in [0.2, 0.25) is 0 Å². The molecular weight excluding hydrogens is 374 g/mol. The van der Waals surface area contributed by atoms with Crippen LogP contribution in [0.3, 0.4) is 0 Å². The zero-order valence-corrected chi connectivity index (χ0v) is 17.1. The van der Waals surface area contributed by atoms with Crippen molar-refractivity contribution in [2.24, 2.45) is 0 Å². The van der Waals surface area contributed by atoms with Crippen LogP contribution in [0, 0.1) is 0 Å². The molecule has 0 atom stereocenters. The molecule has 0 aliphatic heterocycles. The molecule has 5 nitrogen and oxygen atoms in total. The maximum Gasteiger partial charge on any atom is 0.357 e. The monoisotopic (exact) mass is 401 g/mol. The lowest BCUT2D eigenvalue weighted by molar-refractivity contribution is 0.0233. The van der Waals surface area contributed by atoms with E-state index in [-0.39, 0.29) is 0 Å². The smallest absolute Gasteiger partial charge is 0.357 e. The summed E-state index contributed by atoms with van der Waals surface area (Å²) in [4.78, 5) is 26.9. The summed E-state index contributed by atoms with van der Waals surface area (Å²) in [5.74, 6) is 0.139. The zero-order valence-electron chi connectivity index (χ0n) is 17.1. The molecule has 0 radical (unpaired) electrons. The van der Waals surface area contributed by atoms with Crippen molar-refractivity contribution >= 4 is 5.97 Å². The van der Waals surface area contributed by atoms with Gasteiger partial charge < -0.3 is 4.84 Å². The number of rotatable bonds is 7. The van der Waals surface area contributed by atoms with E-state index in [0.29, 0.717) is 24.4 Å². The molecule has 1 aliphatic carbocycles. The van der Waals surface area contributed by atoms with Crippen molar-refractivity contribution in [1.29, 1.82) is 0 Å². The first-order valence-corrected chi connectivity index (χ1v) is 10.7. The van der Waals surface area contributed by atoms with Gasteiger partial charge in [0.1, 0.15) is 0 Å². The third kappa shape index (κ3) is 5.30. The zero-order chi connectivity index (χ0) is 20.6. The van der Waals surface area contributed by atoms with Crippen molar-refractivity contribution in [2.45, 2.75) is 51.0 Å². The second-order valence-corrected chi connectivity index (χ2v) is 7.80. The summed E-state index contributed by atoms with van der Waals surface area (Å²) in [7, 11) is 0. The molecule has 0 saturated heterocycles. The van der Waals surface area contributed by atoms with Gasteiger partial charge in [-0.25, -0.2) is 4.79 Å². The van der Waals surface area contributed by atoms with E-state index < -0.39 is 5.97 Å². The minimum Gasteiger partial charge on any atom is -0.366 e. The summed E-state index contributed by atoms with van der Waals surface area (Å²) < 4.78 is 0. The van der Waals surface area contributed by atoms with E-state index >= 15 is 0 Å². The number of carbonyl (C=O) groups is 1. The third-order valence-corrected chi connectivity index (χ3v) is 5.64. The lowest BCUT2D eigenvalue weighted by Gasteiger charge is -2.20. The Kier molecular flexibility index (Phi) is 6.83. The third-order valence-electron chi connectivity index (χ3n) is 5.64. The number of carbonyl (C=O) groups excluding carboxylic acids is 1. The fourth-order valence-electron chi connectivity index (χ4n) is 3.99. The largest absolute Gasteiger partial charge is 0.366 e. The predicted octanol–water partition coefficient (Wildman–Crippen LogP) is 4.98. The van der Waals surface area contributed by atoms with Gasteiger partial charge in [-0.15, -0.1) is 5.48 Å². The van der Waals surface area contributed by atoms with Crippen LogP contribution in [0.2, 0.25) is 0 Å². The summed E-state index contributed by atoms with van der Waals surface area (Å²) in [6.07, 6.45) is 10.6. The van der Waals surface area contributed by atoms with Crippen LogP contribution in [0.25, 0.3) is 0 Å². The first kappa shape index (κ1) is 20.2. The molecule has 1 aliphatic rings. The average molecular weight is 402 g/mol. The molecule has 1 fully saturated rings. The van der Waals surface area contributed by atoms with Gasteiger partial charge in [0.25, 0.3) is 0 Å². The molecule has 0 unspecified atom stereocenters. The molecule has 1 saturated carbocycles. The number of nitrogens with zero attached hydrogens (tertiary/aromatic N) is 2. The van der Waals surface area contributed by atoms with Crippen molar-refractivity contribution in [3.05, 3.63) is 95.1 Å². The van der Waals surface area contributed by atoms with E-state index in [4.69, 9.17) is 4.84 Å². The van der Waals surface area contributed by atoms with Gasteiger partial charge in [0.05, 0.1) is 29.7 Å². The quantitative estimate of drug-likeness (QED) is 0.566. The standard InChI is InChI=1S/C25H27N3O2/c29-25(23-14-8-7-13-21(23)15-19-9-3-1-4-10-19)30-28-17-22-16-27-24(18-26-22)20-11-5-2-6-12-20/h1,3-4,7-10,13-14,16,18,20,28H,2,5-6,11-12,15,17H2. The molecule has 5 heteroatoms. The Balaban J connectivity index is 1.32. The molecule has 1 N–H and O–H groups in total. The highest BCUT2D eigenvalue weighted by Gasteiger charge is 2.17. The maximum absolute atomic E-state index is 12.6. The van der Waals surface area contributed by atoms with Crippen LogP contribution >= 0.6 is 0 Å². The average Bonchev–Trinajstić information content (AvgIpc) is 2.81. The summed E-state index contributed by atoms with van der Waals surface area (Å²) in [6.45, 7) is 0.324. The molecular formula is C25H27N3O2. The van der Waals surface area contributed by atoms with Crippen molar-refractivity contribution in [2.75, 3.05) is 0 Å². The summed E-state index contributed by atoms with van der Waals surface area (Å²) in [5, 5.41) is 0. The van der Waals surface area contributed by atoms with Crippen LogP contribution in [0.5, 0.6) is 0 Å². The summed E-state index contributed by atoms with van der Waals surface area (Å²) in [6, 6.07) is 17.6. The van der Waals surface area contributed by atoms with E-state index in [1.807, 2.05) is 42.6 Å². The Hall–Kier alpha value is -3.05. The second-order valence-electron chi connectivity index (χ2n) is 7.80. The lowest BCUT2D eigenvalue weighted by atomic mass is 9.87. The minimum atomic E-state index is -0.395. The molecule has 0 bridgehead atoms. The van der Waals surface area contributed by atoms with Gasteiger partial charge in [0.15, 0.2) is 0 Å². The highest BCUT2D eigenvalue weighted by molar-refractivity contribution is 5.91. The fraction of sp³-hybridized carbons (Fsp3) is 0.320. The van der Waals surface area contributed by atoms with Crippen LogP contribution in [0.1, 0.15) is 70.9 Å². The Bertz CT molecular complexity index is 952. The lowest BCUT2D eigenvalue weighted by Crippen LogP contribution is -2.21. The van der Waals surface area contributed by atoms with E-state index in [1.165, 1.54) is 32.1 Å². The molecule has 3 aromatic rings. The normalized spacial score (nSPS) is 14.4. The van der Waals surface area contributed by atoms with Gasteiger partial charge in [-0.1, -0.05) is 67.8 Å². The number of benzene rings is 2. The number of hydrogen-bond donors (Lipinski definition) is 1. The van der Waals surface area contributed by atoms with Crippen LogP contribution in [0.4, 0.5) is 0 Å². The van der Waals surface area contributed by atoms with Crippen molar-refractivity contribution < 1.29 is 9.63 Å². The van der Waals surface area contributed by atoms with Crippen molar-refractivity contribution in [3.8, 4) is 0 Å². The number of hydroxylamine groups is 1. The highest BCUT2D eigenvalue weighted by Crippen LogP contribution is 2.30. The van der Waals surface area contributed by atoms with Gasteiger partial charge in [-0.3, -0.25) is 9.97 Å². The Morgan fingerprint density at radius 1 is 0.933 bits per heavy atom. The van der Waals surface area contributed by atoms with Crippen LogP contribution < -0.4 is 5.48 Å². The Morgan fingerprint density at radius 2 is 1.70 bits per heavy atom. The first-order valence-electron chi connectivity index (χ1n) is 10.7. The van der Waals surface area contributed by atoms with Crippen molar-refractivity contribution in [3.63, 3.8) is 0 Å². The number of nitrogens with one attached hydrogen (secondary N) is 1. The maximum atomic E-state index is 12.6. The molecule has 0 spiro atoms. The Morgan fingerprint density at radius 3 is 2.47 bits per heavy atom. The molecule has 2 aromatic carbocycles. The second kappa shape index (κ2) is 10.1. The van der Waals surface area contributed by atoms with Crippen LogP contribution in [-0.2, 0) is 17.8 Å². The first-order chi connectivity index (χ1) is 14.8. The molecule has 1 aromatic heterocycles. The Labute approximate surface area is 177 Å². The number of aromatic nitrogens is 2. The van der Waals surface area contributed by atoms with E-state index in [1.54, 1.807) is 12.3 Å². The molecule has 30 heavy (non-hydrogen) atoms. The molecule has 154 valence electrons. The fourth-order valence-corrected chi connectivity index (χ4v) is 3.99. The minimum absolute atomic E-state index is 0.324. The van der Waals surface area contributed by atoms with Crippen molar-refractivity contribution in [1.82, 2.24) is 15.4 Å². The molecule has 1 heterocycles. The van der Waals surface area contributed by atoms with E-state index in [9.17, 15) is 4.79 Å². The number of hydrogen-bond acceptors (Lipinski definition) is 5. The van der Waals surface area contributed by atoms with Gasteiger partial charge in [-0.2, -0.15) is 0 Å². The highest BCUT2D eigenvalue weighted by atomic mass is 16.7. The summed E-state index contributed by atoms with van der Waals surface area (Å²) >= 11 is 0. The van der Waals surface area contributed by atoms with Gasteiger partial charge >= 0.3 is 5.97 Å². The van der Waals surface area contributed by atoms with Crippen LogP contribution in [0.15, 0.2) is 67.0 Å².